The number of fused-ring (bicyclic) bond motifs is 1. The minimum atomic E-state index is -0.143. The molecule has 1 aliphatic heterocycles. The molecule has 0 unspecified atom stereocenters. The van der Waals surface area contributed by atoms with E-state index in [1.165, 1.54) is 5.56 Å². The van der Waals surface area contributed by atoms with E-state index < -0.39 is 0 Å². The van der Waals surface area contributed by atoms with Gasteiger partial charge in [0, 0.05) is 29.5 Å². The molecule has 0 fully saturated rings. The number of thiocarbonyl (C=S) groups is 1. The summed E-state index contributed by atoms with van der Waals surface area (Å²) in [6, 6.07) is 26.7. The summed E-state index contributed by atoms with van der Waals surface area (Å²) in [4.78, 5) is 4.75. The predicted octanol–water partition coefficient (Wildman–Crippen LogP) is 6.73. The smallest absolute Gasteiger partial charge is 0.190 e. The van der Waals surface area contributed by atoms with Crippen LogP contribution >= 0.6 is 23.8 Å². The van der Waals surface area contributed by atoms with Gasteiger partial charge in [0.15, 0.2) is 5.11 Å². The number of benzene rings is 3. The zero-order chi connectivity index (χ0) is 23.7. The first-order valence-corrected chi connectivity index (χ1v) is 12.1. The molecule has 1 aliphatic rings. The molecule has 1 aromatic heterocycles. The van der Waals surface area contributed by atoms with Crippen LogP contribution in [0, 0.1) is 13.8 Å². The molecule has 0 bridgehead atoms. The Bertz CT molecular complexity index is 1400. The van der Waals surface area contributed by atoms with E-state index >= 15 is 0 Å². The average Bonchev–Trinajstić information content (AvgIpc) is 3.29. The molecular formula is C28H25ClN4S. The van der Waals surface area contributed by atoms with Crippen LogP contribution in [-0.4, -0.2) is 20.8 Å². The first-order valence-electron chi connectivity index (χ1n) is 11.3. The highest BCUT2D eigenvalue weighted by Gasteiger charge is 2.33. The van der Waals surface area contributed by atoms with Crippen molar-refractivity contribution >= 4 is 45.5 Å². The van der Waals surface area contributed by atoms with Gasteiger partial charge < -0.3 is 5.32 Å². The van der Waals surface area contributed by atoms with E-state index in [0.29, 0.717) is 23.2 Å². The number of aromatic nitrogens is 1. The van der Waals surface area contributed by atoms with Gasteiger partial charge >= 0.3 is 0 Å². The summed E-state index contributed by atoms with van der Waals surface area (Å²) in [6.07, 6.45) is 0.691. The van der Waals surface area contributed by atoms with Crippen molar-refractivity contribution in [3.8, 4) is 0 Å². The minimum Gasteiger partial charge on any atom is -0.357 e. The Morgan fingerprint density at radius 2 is 1.74 bits per heavy atom. The lowest BCUT2D eigenvalue weighted by Gasteiger charge is -2.25. The van der Waals surface area contributed by atoms with Crippen molar-refractivity contribution in [3.05, 3.63) is 112 Å². The fourth-order valence-corrected chi connectivity index (χ4v) is 4.93. The van der Waals surface area contributed by atoms with E-state index in [9.17, 15) is 0 Å². The van der Waals surface area contributed by atoms with Crippen molar-refractivity contribution in [1.29, 1.82) is 0 Å². The number of nitrogens with one attached hydrogen (secondary N) is 1. The maximum atomic E-state index is 6.77. The van der Waals surface area contributed by atoms with Crippen LogP contribution in [0.2, 0.25) is 5.15 Å². The third-order valence-electron chi connectivity index (χ3n) is 6.25. The first-order chi connectivity index (χ1) is 16.5. The van der Waals surface area contributed by atoms with Gasteiger partial charge in [0.2, 0.25) is 0 Å². The molecule has 1 N–H and O–H groups in total. The van der Waals surface area contributed by atoms with Crippen molar-refractivity contribution < 1.29 is 0 Å². The van der Waals surface area contributed by atoms with Gasteiger partial charge in [-0.25, -0.2) is 9.99 Å². The second kappa shape index (κ2) is 9.53. The summed E-state index contributed by atoms with van der Waals surface area (Å²) in [6.45, 7) is 4.78. The van der Waals surface area contributed by atoms with Crippen molar-refractivity contribution in [3.63, 3.8) is 0 Å². The molecule has 4 aromatic rings. The number of aryl methyl sites for hydroxylation is 2. The van der Waals surface area contributed by atoms with E-state index in [1.54, 1.807) is 0 Å². The van der Waals surface area contributed by atoms with E-state index in [4.69, 9.17) is 33.9 Å². The second-order valence-electron chi connectivity index (χ2n) is 8.59. The van der Waals surface area contributed by atoms with Crippen molar-refractivity contribution in [1.82, 2.24) is 15.3 Å². The second-order valence-corrected chi connectivity index (χ2v) is 9.33. The predicted molar refractivity (Wildman–Crippen MR) is 144 cm³/mol. The lowest BCUT2D eigenvalue weighted by molar-refractivity contribution is 0.363. The van der Waals surface area contributed by atoms with E-state index in [1.807, 2.05) is 41.4 Å². The standard InChI is InChI=1S/C28H25ClN4S/c1-18-9-6-7-14-22(18)24-16-25(23-15-21-13-8-10-19(2)26(21)31-27(23)29)33(32-24)28(34)30-17-20-11-4-3-5-12-20/h3-15,25H,16-17H2,1-2H3,(H,30,34)/t25-/m1/s1. The summed E-state index contributed by atoms with van der Waals surface area (Å²) in [5, 5.41) is 12.4. The molecule has 3 aromatic carbocycles. The summed E-state index contributed by atoms with van der Waals surface area (Å²) in [7, 11) is 0. The number of hydrogen-bond donors (Lipinski definition) is 1. The molecule has 2 heterocycles. The molecule has 0 saturated heterocycles. The fraction of sp³-hybridized carbons (Fsp3) is 0.179. The molecular weight excluding hydrogens is 460 g/mol. The van der Waals surface area contributed by atoms with Gasteiger partial charge in [-0.15, -0.1) is 0 Å². The van der Waals surface area contributed by atoms with Crippen LogP contribution < -0.4 is 5.32 Å². The normalized spacial score (nSPS) is 15.4. The van der Waals surface area contributed by atoms with Crippen LogP contribution in [0.4, 0.5) is 0 Å². The quantitative estimate of drug-likeness (QED) is 0.257. The number of hydrogen-bond acceptors (Lipinski definition) is 3. The first kappa shape index (κ1) is 22.5. The zero-order valence-corrected chi connectivity index (χ0v) is 20.7. The molecule has 170 valence electrons. The molecule has 1 atom stereocenters. The summed E-state index contributed by atoms with van der Waals surface area (Å²) in [5.41, 5.74) is 7.41. The number of pyridine rings is 1. The van der Waals surface area contributed by atoms with Gasteiger partial charge in [0.1, 0.15) is 5.15 Å². The van der Waals surface area contributed by atoms with Crippen LogP contribution in [-0.2, 0) is 6.54 Å². The summed E-state index contributed by atoms with van der Waals surface area (Å²) >= 11 is 12.6. The molecule has 0 radical (unpaired) electrons. The largest absolute Gasteiger partial charge is 0.357 e. The van der Waals surface area contributed by atoms with Gasteiger partial charge in [0.05, 0.1) is 17.3 Å². The van der Waals surface area contributed by atoms with Gasteiger partial charge in [-0.05, 0) is 48.8 Å². The topological polar surface area (TPSA) is 40.5 Å². The van der Waals surface area contributed by atoms with E-state index in [2.05, 4.69) is 61.6 Å². The van der Waals surface area contributed by atoms with Crippen molar-refractivity contribution in [2.45, 2.75) is 32.9 Å². The Balaban J connectivity index is 1.52. The van der Waals surface area contributed by atoms with Gasteiger partial charge in [-0.2, -0.15) is 5.10 Å². The van der Waals surface area contributed by atoms with E-state index in [0.717, 1.165) is 38.9 Å². The average molecular weight is 485 g/mol. The van der Waals surface area contributed by atoms with Gasteiger partial charge in [-0.3, -0.25) is 0 Å². The molecule has 0 aliphatic carbocycles. The lowest BCUT2D eigenvalue weighted by Crippen LogP contribution is -2.36. The number of para-hydroxylation sites is 1. The van der Waals surface area contributed by atoms with Gasteiger partial charge in [-0.1, -0.05) is 84.4 Å². The molecule has 6 heteroatoms. The summed E-state index contributed by atoms with van der Waals surface area (Å²) < 4.78 is 0. The third kappa shape index (κ3) is 4.41. The molecule has 34 heavy (non-hydrogen) atoms. The Hall–Kier alpha value is -3.28. The Labute approximate surface area is 210 Å². The SMILES string of the molecule is Cc1ccccc1C1=NN(C(=S)NCc2ccccc2)[C@@H](c2cc3cccc(C)c3nc2Cl)C1. The Morgan fingerprint density at radius 1 is 1.00 bits per heavy atom. The van der Waals surface area contributed by atoms with Crippen molar-refractivity contribution in [2.24, 2.45) is 5.10 Å². The van der Waals surface area contributed by atoms with Gasteiger partial charge in [0.25, 0.3) is 0 Å². The highest BCUT2D eigenvalue weighted by atomic mass is 35.5. The van der Waals surface area contributed by atoms with Crippen LogP contribution in [0.25, 0.3) is 10.9 Å². The third-order valence-corrected chi connectivity index (χ3v) is 6.88. The number of nitrogens with zero attached hydrogens (tertiary/aromatic N) is 3. The maximum Gasteiger partial charge on any atom is 0.190 e. The molecule has 0 spiro atoms. The molecule has 0 saturated carbocycles. The van der Waals surface area contributed by atoms with Crippen LogP contribution in [0.5, 0.6) is 0 Å². The fourth-order valence-electron chi connectivity index (χ4n) is 4.43. The zero-order valence-electron chi connectivity index (χ0n) is 19.1. The monoisotopic (exact) mass is 484 g/mol. The highest BCUT2D eigenvalue weighted by molar-refractivity contribution is 7.80. The molecule has 0 amide bonds. The summed E-state index contributed by atoms with van der Waals surface area (Å²) in [5.74, 6) is 0. The number of rotatable bonds is 4. The maximum absolute atomic E-state index is 6.77. The van der Waals surface area contributed by atoms with Crippen LogP contribution in [0.3, 0.4) is 0 Å². The number of halogens is 1. The number of hydrazone groups is 1. The Kier molecular flexibility index (Phi) is 6.31. The minimum absolute atomic E-state index is 0.143. The highest BCUT2D eigenvalue weighted by Crippen LogP contribution is 2.38. The molecule has 4 nitrogen and oxygen atoms in total. The lowest BCUT2D eigenvalue weighted by atomic mass is 9.96. The van der Waals surface area contributed by atoms with E-state index in [-0.39, 0.29) is 6.04 Å². The molecule has 5 rings (SSSR count). The Morgan fingerprint density at radius 3 is 2.53 bits per heavy atom. The van der Waals surface area contributed by atoms with Crippen LogP contribution in [0.1, 0.15) is 40.3 Å². The van der Waals surface area contributed by atoms with Crippen molar-refractivity contribution in [2.75, 3.05) is 0 Å². The van der Waals surface area contributed by atoms with Crippen LogP contribution in [0.15, 0.2) is 84.0 Å².